The highest BCUT2D eigenvalue weighted by molar-refractivity contribution is 5.44. The molecule has 4 aliphatic rings. The average molecular weight is 332 g/mol. The van der Waals surface area contributed by atoms with Gasteiger partial charge in [-0.15, -0.1) is 0 Å². The molecular weight excluding hydrogens is 300 g/mol. The Bertz CT molecular complexity index is 619. The van der Waals surface area contributed by atoms with Crippen LogP contribution < -0.4 is 0 Å². The lowest BCUT2D eigenvalue weighted by Crippen LogP contribution is -2.54. The topological polar surface area (TPSA) is 60.7 Å². The van der Waals surface area contributed by atoms with E-state index in [4.69, 9.17) is 0 Å². The van der Waals surface area contributed by atoms with Crippen molar-refractivity contribution in [3.63, 3.8) is 0 Å². The van der Waals surface area contributed by atoms with E-state index in [2.05, 4.69) is 19.9 Å². The van der Waals surface area contributed by atoms with Gasteiger partial charge in [-0.05, 0) is 64.2 Å². The predicted octanol–water partition coefficient (Wildman–Crippen LogP) is 3.49. The van der Waals surface area contributed by atoms with E-state index < -0.39 is 11.7 Å². The van der Waals surface area contributed by atoms with Crippen LogP contribution in [0.1, 0.15) is 72.1 Å². The number of hydrogen-bond donors (Lipinski definition) is 3. The lowest BCUT2D eigenvalue weighted by molar-refractivity contribution is -0.142. The molecule has 3 N–H and O–H groups in total. The zero-order valence-corrected chi connectivity index (χ0v) is 15.3. The minimum atomic E-state index is -0.955. The van der Waals surface area contributed by atoms with Crippen LogP contribution in [0.2, 0.25) is 0 Å². The zero-order valence-electron chi connectivity index (χ0n) is 15.3. The molecule has 0 amide bonds. The summed E-state index contributed by atoms with van der Waals surface area (Å²) in [5.74, 6) is 0.391. The molecule has 0 saturated heterocycles. The summed E-state index contributed by atoms with van der Waals surface area (Å²) in [7, 11) is 0. The number of aliphatic hydroxyl groups excluding tert-OH is 2. The Morgan fingerprint density at radius 3 is 2.62 bits per heavy atom. The van der Waals surface area contributed by atoms with Crippen molar-refractivity contribution in [3.05, 3.63) is 22.8 Å². The summed E-state index contributed by atoms with van der Waals surface area (Å²) in [6.07, 6.45) is 8.94. The van der Waals surface area contributed by atoms with Gasteiger partial charge in [0.05, 0.1) is 17.8 Å². The quantitative estimate of drug-likeness (QED) is 0.644. The minimum Gasteiger partial charge on any atom is -0.393 e. The van der Waals surface area contributed by atoms with Gasteiger partial charge in [0, 0.05) is 10.8 Å². The fourth-order valence-corrected chi connectivity index (χ4v) is 6.64. The smallest absolute Gasteiger partial charge is 0.0961 e. The molecule has 2 fully saturated rings. The summed E-state index contributed by atoms with van der Waals surface area (Å²) in [5, 5.41) is 31.6. The van der Waals surface area contributed by atoms with Gasteiger partial charge < -0.3 is 15.3 Å². The summed E-state index contributed by atoms with van der Waals surface area (Å²) in [5.41, 5.74) is 3.54. The second-order valence-electron chi connectivity index (χ2n) is 9.27. The average Bonchev–Trinajstić information content (AvgIpc) is 2.81. The van der Waals surface area contributed by atoms with Crippen molar-refractivity contribution >= 4 is 0 Å². The molecule has 3 heteroatoms. The normalized spacial score (nSPS) is 49.2. The molecule has 2 saturated carbocycles. The van der Waals surface area contributed by atoms with Crippen molar-refractivity contribution in [1.29, 1.82) is 0 Å². The van der Waals surface area contributed by atoms with Gasteiger partial charge in [0.15, 0.2) is 0 Å². The largest absolute Gasteiger partial charge is 0.393 e. The molecule has 4 rings (SSSR count). The van der Waals surface area contributed by atoms with E-state index in [1.54, 1.807) is 18.1 Å². The Hall–Kier alpha value is -0.640. The van der Waals surface area contributed by atoms with Gasteiger partial charge in [-0.2, -0.15) is 0 Å². The van der Waals surface area contributed by atoms with Crippen LogP contribution in [0, 0.1) is 16.7 Å². The molecular formula is C21H32O3. The Labute approximate surface area is 145 Å². The molecule has 0 aromatic carbocycles. The number of allylic oxidation sites excluding steroid dienone is 3. The van der Waals surface area contributed by atoms with E-state index in [0.29, 0.717) is 12.3 Å². The van der Waals surface area contributed by atoms with Crippen LogP contribution in [0.5, 0.6) is 0 Å². The molecule has 0 spiro atoms. The van der Waals surface area contributed by atoms with Crippen molar-refractivity contribution in [2.45, 2.75) is 89.9 Å². The van der Waals surface area contributed by atoms with E-state index in [0.717, 1.165) is 44.9 Å². The standard InChI is InChI=1S/C21H32O3/c1-13(22)21(24)11-8-18-16-5-4-14-12-15(23)6-9-19(14,2)17(16)7-10-20(18,21)3/h4,13,15,18,22-24H,5-12H2,1-3H3/t13-,15-,18+,19+,20+,21+/m1/s1. The van der Waals surface area contributed by atoms with Crippen LogP contribution in [0.15, 0.2) is 22.8 Å². The Balaban J connectivity index is 1.74. The zero-order chi connectivity index (χ0) is 17.3. The second-order valence-corrected chi connectivity index (χ2v) is 9.27. The summed E-state index contributed by atoms with van der Waals surface area (Å²) >= 11 is 0. The highest BCUT2D eigenvalue weighted by Gasteiger charge is 2.61. The molecule has 3 nitrogen and oxygen atoms in total. The Morgan fingerprint density at radius 2 is 1.92 bits per heavy atom. The summed E-state index contributed by atoms with van der Waals surface area (Å²) < 4.78 is 0. The molecule has 0 bridgehead atoms. The van der Waals surface area contributed by atoms with Gasteiger partial charge in [0.25, 0.3) is 0 Å². The van der Waals surface area contributed by atoms with E-state index in [-0.39, 0.29) is 16.9 Å². The molecule has 0 aromatic rings. The van der Waals surface area contributed by atoms with Gasteiger partial charge in [-0.1, -0.05) is 36.6 Å². The van der Waals surface area contributed by atoms with Gasteiger partial charge >= 0.3 is 0 Å². The van der Waals surface area contributed by atoms with Crippen LogP contribution in [0.25, 0.3) is 0 Å². The maximum atomic E-state index is 11.2. The summed E-state index contributed by atoms with van der Waals surface area (Å²) in [4.78, 5) is 0. The monoisotopic (exact) mass is 332 g/mol. The van der Waals surface area contributed by atoms with E-state index in [9.17, 15) is 15.3 Å². The second kappa shape index (κ2) is 5.18. The third kappa shape index (κ3) is 1.95. The molecule has 0 aromatic heterocycles. The van der Waals surface area contributed by atoms with Crippen molar-refractivity contribution in [1.82, 2.24) is 0 Å². The lowest BCUT2D eigenvalue weighted by Gasteiger charge is -2.53. The van der Waals surface area contributed by atoms with E-state index in [1.165, 1.54) is 5.57 Å². The maximum absolute atomic E-state index is 11.2. The molecule has 0 heterocycles. The van der Waals surface area contributed by atoms with Crippen molar-refractivity contribution in [3.8, 4) is 0 Å². The molecule has 6 atom stereocenters. The highest BCUT2D eigenvalue weighted by atomic mass is 16.3. The van der Waals surface area contributed by atoms with Crippen molar-refractivity contribution in [2.24, 2.45) is 16.7 Å². The number of rotatable bonds is 1. The first-order valence-corrected chi connectivity index (χ1v) is 9.73. The van der Waals surface area contributed by atoms with Crippen LogP contribution in [-0.4, -0.2) is 33.1 Å². The molecule has 4 aliphatic carbocycles. The third-order valence-electron chi connectivity index (χ3n) is 8.34. The van der Waals surface area contributed by atoms with Gasteiger partial charge in [0.2, 0.25) is 0 Å². The minimum absolute atomic E-state index is 0.125. The van der Waals surface area contributed by atoms with E-state index >= 15 is 0 Å². The van der Waals surface area contributed by atoms with Gasteiger partial charge in [0.1, 0.15) is 0 Å². The maximum Gasteiger partial charge on any atom is 0.0961 e. The SMILES string of the molecule is C[C@@H](O)[C@@]1(O)CC[C@H]2C3=C(CC[C@@]21C)[C@@]1(C)CC[C@@H](O)CC1=CC3. The fourth-order valence-electron chi connectivity index (χ4n) is 6.64. The van der Waals surface area contributed by atoms with Crippen LogP contribution in [0.3, 0.4) is 0 Å². The van der Waals surface area contributed by atoms with Crippen molar-refractivity contribution < 1.29 is 15.3 Å². The third-order valence-corrected chi connectivity index (χ3v) is 8.34. The Kier molecular flexibility index (Phi) is 3.63. The molecule has 0 aliphatic heterocycles. The van der Waals surface area contributed by atoms with Crippen LogP contribution in [-0.2, 0) is 0 Å². The lowest BCUT2D eigenvalue weighted by atomic mass is 9.53. The molecule has 134 valence electrons. The highest BCUT2D eigenvalue weighted by Crippen LogP contribution is 2.65. The first-order chi connectivity index (χ1) is 11.2. The molecule has 0 radical (unpaired) electrons. The van der Waals surface area contributed by atoms with Crippen LogP contribution in [0.4, 0.5) is 0 Å². The first kappa shape index (κ1) is 16.8. The molecule has 0 unspecified atom stereocenters. The number of fused-ring (bicyclic) bond motifs is 4. The van der Waals surface area contributed by atoms with Crippen LogP contribution >= 0.6 is 0 Å². The van der Waals surface area contributed by atoms with Gasteiger partial charge in [-0.3, -0.25) is 0 Å². The summed E-state index contributed by atoms with van der Waals surface area (Å²) in [6.45, 7) is 6.32. The fraction of sp³-hybridized carbons (Fsp3) is 0.810. The number of hydrogen-bond acceptors (Lipinski definition) is 3. The predicted molar refractivity (Wildman–Crippen MR) is 94.4 cm³/mol. The van der Waals surface area contributed by atoms with Gasteiger partial charge in [-0.25, -0.2) is 0 Å². The first-order valence-electron chi connectivity index (χ1n) is 9.73. The number of aliphatic hydroxyl groups is 3. The van der Waals surface area contributed by atoms with Crippen molar-refractivity contribution in [2.75, 3.05) is 0 Å². The van der Waals surface area contributed by atoms with E-state index in [1.807, 2.05) is 0 Å². The Morgan fingerprint density at radius 1 is 1.17 bits per heavy atom. The summed E-state index contributed by atoms with van der Waals surface area (Å²) in [6, 6.07) is 0. The molecule has 24 heavy (non-hydrogen) atoms.